The largest absolute Gasteiger partial charge is 0.290 e. The number of para-hydroxylation sites is 1. The van der Waals surface area contributed by atoms with Gasteiger partial charge < -0.3 is 0 Å². The number of benzene rings is 2. The van der Waals surface area contributed by atoms with Crippen molar-refractivity contribution in [3.05, 3.63) is 76.3 Å². The van der Waals surface area contributed by atoms with Crippen molar-refractivity contribution < 1.29 is 9.59 Å². The lowest BCUT2D eigenvalue weighted by atomic mass is 10.0. The fourth-order valence-electron chi connectivity index (χ4n) is 2.88. The number of imide groups is 1. The second-order valence-electron chi connectivity index (χ2n) is 6.36. The Labute approximate surface area is 161 Å². The summed E-state index contributed by atoms with van der Waals surface area (Å²) in [6.07, 6.45) is 3.60. The van der Waals surface area contributed by atoms with Crippen LogP contribution in [0.4, 0.5) is 4.79 Å². The molecule has 0 spiro atoms. The van der Waals surface area contributed by atoms with Gasteiger partial charge in [-0.2, -0.15) is 5.10 Å². The van der Waals surface area contributed by atoms with E-state index < -0.39 is 0 Å². The molecule has 1 aliphatic rings. The first kappa shape index (κ1) is 17.3. The molecule has 1 saturated heterocycles. The van der Waals surface area contributed by atoms with Crippen LogP contribution < -0.4 is 5.32 Å². The fraction of sp³-hybridized carbons (Fsp3) is 0.0952. The molecule has 1 fully saturated rings. The van der Waals surface area contributed by atoms with Gasteiger partial charge in [0.1, 0.15) is 0 Å². The van der Waals surface area contributed by atoms with Crippen molar-refractivity contribution in [2.45, 2.75) is 13.8 Å². The maximum Gasteiger partial charge on any atom is 0.290 e. The normalized spacial score (nSPS) is 15.4. The van der Waals surface area contributed by atoms with Crippen molar-refractivity contribution in [3.8, 4) is 16.9 Å². The van der Waals surface area contributed by atoms with Crippen molar-refractivity contribution in [2.24, 2.45) is 0 Å². The van der Waals surface area contributed by atoms with Gasteiger partial charge in [-0.1, -0.05) is 30.3 Å². The Balaban J connectivity index is 1.86. The molecule has 0 bridgehead atoms. The number of carbonyl (C=O) groups excluding carboxylic acids is 2. The Morgan fingerprint density at radius 3 is 2.48 bits per heavy atom. The molecule has 5 nitrogen and oxygen atoms in total. The van der Waals surface area contributed by atoms with E-state index >= 15 is 0 Å². The molecule has 2 aromatic carbocycles. The number of aryl methyl sites for hydroxylation is 2. The van der Waals surface area contributed by atoms with Crippen LogP contribution in [0.1, 0.15) is 16.7 Å². The number of thioether (sulfide) groups is 1. The predicted octanol–water partition coefficient (Wildman–Crippen LogP) is 4.48. The van der Waals surface area contributed by atoms with Gasteiger partial charge in [0.05, 0.1) is 16.3 Å². The molecule has 134 valence electrons. The zero-order chi connectivity index (χ0) is 19.0. The van der Waals surface area contributed by atoms with E-state index in [1.165, 1.54) is 11.1 Å². The van der Waals surface area contributed by atoms with E-state index in [0.29, 0.717) is 4.91 Å². The van der Waals surface area contributed by atoms with Gasteiger partial charge >= 0.3 is 0 Å². The number of nitrogens with zero attached hydrogens (tertiary/aromatic N) is 2. The topological polar surface area (TPSA) is 64.0 Å². The number of aromatic nitrogens is 2. The van der Waals surface area contributed by atoms with Crippen molar-refractivity contribution >= 4 is 29.0 Å². The fourth-order valence-corrected chi connectivity index (χ4v) is 3.55. The van der Waals surface area contributed by atoms with E-state index in [-0.39, 0.29) is 11.1 Å². The SMILES string of the molecule is Cc1ccc(-c2nn(-c3ccccc3)cc2/C=C2\SC(=O)NC2=O)cc1C. The summed E-state index contributed by atoms with van der Waals surface area (Å²) in [6, 6.07) is 15.9. The minimum Gasteiger partial charge on any atom is -0.282 e. The van der Waals surface area contributed by atoms with Crippen LogP contribution in [0.2, 0.25) is 0 Å². The summed E-state index contributed by atoms with van der Waals surface area (Å²) in [5, 5.41) is 6.69. The summed E-state index contributed by atoms with van der Waals surface area (Å²) in [7, 11) is 0. The Kier molecular flexibility index (Phi) is 4.41. The maximum absolute atomic E-state index is 12.0. The van der Waals surface area contributed by atoms with E-state index in [1.807, 2.05) is 42.6 Å². The van der Waals surface area contributed by atoms with Crippen LogP contribution in [0, 0.1) is 13.8 Å². The van der Waals surface area contributed by atoms with Crippen molar-refractivity contribution in [1.82, 2.24) is 15.1 Å². The smallest absolute Gasteiger partial charge is 0.282 e. The lowest BCUT2D eigenvalue weighted by Crippen LogP contribution is -2.17. The van der Waals surface area contributed by atoms with Crippen LogP contribution in [-0.2, 0) is 4.79 Å². The predicted molar refractivity (Wildman–Crippen MR) is 108 cm³/mol. The summed E-state index contributed by atoms with van der Waals surface area (Å²) in [5.41, 5.74) is 5.82. The molecular formula is C21H17N3O2S. The van der Waals surface area contributed by atoms with E-state index in [1.54, 1.807) is 10.8 Å². The first-order valence-electron chi connectivity index (χ1n) is 8.49. The summed E-state index contributed by atoms with van der Waals surface area (Å²) in [6.45, 7) is 4.12. The van der Waals surface area contributed by atoms with Crippen molar-refractivity contribution in [1.29, 1.82) is 0 Å². The molecule has 0 atom stereocenters. The van der Waals surface area contributed by atoms with Gasteiger partial charge in [-0.15, -0.1) is 0 Å². The highest BCUT2D eigenvalue weighted by molar-refractivity contribution is 8.18. The highest BCUT2D eigenvalue weighted by Gasteiger charge is 2.26. The van der Waals surface area contributed by atoms with Gasteiger partial charge in [0.15, 0.2) is 0 Å². The third-order valence-electron chi connectivity index (χ3n) is 4.47. The zero-order valence-electron chi connectivity index (χ0n) is 14.9. The second kappa shape index (κ2) is 6.89. The van der Waals surface area contributed by atoms with Gasteiger partial charge in [-0.3, -0.25) is 14.9 Å². The molecule has 6 heteroatoms. The molecule has 0 radical (unpaired) electrons. The lowest BCUT2D eigenvalue weighted by molar-refractivity contribution is -0.115. The Morgan fingerprint density at radius 2 is 1.81 bits per heavy atom. The van der Waals surface area contributed by atoms with Crippen LogP contribution in [0.25, 0.3) is 23.0 Å². The number of hydrogen-bond donors (Lipinski definition) is 1. The van der Waals surface area contributed by atoms with E-state index in [9.17, 15) is 9.59 Å². The first-order valence-corrected chi connectivity index (χ1v) is 9.30. The van der Waals surface area contributed by atoms with E-state index in [4.69, 9.17) is 5.10 Å². The molecule has 1 aromatic heterocycles. The average molecular weight is 375 g/mol. The van der Waals surface area contributed by atoms with Crippen LogP contribution >= 0.6 is 11.8 Å². The molecule has 4 rings (SSSR count). The summed E-state index contributed by atoms with van der Waals surface area (Å²) in [5.74, 6) is -0.372. The molecule has 2 amide bonds. The van der Waals surface area contributed by atoms with E-state index in [0.717, 1.165) is 34.3 Å². The molecule has 1 N–H and O–H groups in total. The van der Waals surface area contributed by atoms with Crippen LogP contribution in [0.15, 0.2) is 59.6 Å². The van der Waals surface area contributed by atoms with E-state index in [2.05, 4.69) is 31.3 Å². The van der Waals surface area contributed by atoms with Crippen molar-refractivity contribution in [3.63, 3.8) is 0 Å². The average Bonchev–Trinajstić information content (AvgIpc) is 3.21. The Morgan fingerprint density at radius 1 is 1.04 bits per heavy atom. The quantitative estimate of drug-likeness (QED) is 0.686. The third-order valence-corrected chi connectivity index (χ3v) is 5.28. The molecular weight excluding hydrogens is 358 g/mol. The minimum absolute atomic E-state index is 0.352. The van der Waals surface area contributed by atoms with Crippen LogP contribution in [0.5, 0.6) is 0 Å². The molecule has 27 heavy (non-hydrogen) atoms. The van der Waals surface area contributed by atoms with Crippen LogP contribution in [-0.4, -0.2) is 20.9 Å². The Bertz CT molecular complexity index is 1080. The summed E-state index contributed by atoms with van der Waals surface area (Å²) < 4.78 is 1.79. The highest BCUT2D eigenvalue weighted by Crippen LogP contribution is 2.31. The molecule has 0 saturated carbocycles. The van der Waals surface area contributed by atoms with Crippen molar-refractivity contribution in [2.75, 3.05) is 0 Å². The number of hydrogen-bond acceptors (Lipinski definition) is 4. The highest BCUT2D eigenvalue weighted by atomic mass is 32.2. The standard InChI is InChI=1S/C21H17N3O2S/c1-13-8-9-15(10-14(13)2)19-16(11-18-20(25)22-21(26)27-18)12-24(23-19)17-6-4-3-5-7-17/h3-12H,1-2H3,(H,22,25,26)/b18-11-. The van der Waals surface area contributed by atoms with Gasteiger partial charge in [0.2, 0.25) is 0 Å². The first-order chi connectivity index (χ1) is 13.0. The molecule has 2 heterocycles. The molecule has 1 aliphatic heterocycles. The number of rotatable bonds is 3. The molecule has 0 unspecified atom stereocenters. The van der Waals surface area contributed by atoms with Gasteiger partial charge in [-0.25, -0.2) is 4.68 Å². The number of amides is 2. The number of nitrogens with one attached hydrogen (secondary N) is 1. The Hall–Kier alpha value is -3.12. The molecule has 0 aliphatic carbocycles. The number of carbonyl (C=O) groups is 2. The zero-order valence-corrected chi connectivity index (χ0v) is 15.7. The molecule has 3 aromatic rings. The monoisotopic (exact) mass is 375 g/mol. The second-order valence-corrected chi connectivity index (χ2v) is 7.38. The maximum atomic E-state index is 12.0. The third kappa shape index (κ3) is 3.44. The van der Waals surface area contributed by atoms with Gasteiger partial charge in [-0.05, 0) is 61.0 Å². The van der Waals surface area contributed by atoms with Crippen LogP contribution in [0.3, 0.4) is 0 Å². The minimum atomic E-state index is -0.372. The summed E-state index contributed by atoms with van der Waals surface area (Å²) >= 11 is 0.908. The lowest BCUT2D eigenvalue weighted by Gasteiger charge is -2.04. The van der Waals surface area contributed by atoms with Gasteiger partial charge in [0.25, 0.3) is 11.1 Å². The summed E-state index contributed by atoms with van der Waals surface area (Å²) in [4.78, 5) is 23.8. The van der Waals surface area contributed by atoms with Gasteiger partial charge in [0, 0.05) is 17.3 Å².